The molecule has 1 aromatic rings. The molecule has 0 atom stereocenters. The number of aliphatic hydroxyl groups excluding tert-OH is 1. The number of nitrogen functional groups attached to an aromatic ring is 1. The Balaban J connectivity index is 2.89. The van der Waals surface area contributed by atoms with Gasteiger partial charge >= 0.3 is 0 Å². The van der Waals surface area contributed by atoms with Crippen LogP contribution >= 0.6 is 11.6 Å². The SMILES string of the molecule is Nc1ccc(C=CCO)cc1Cl. The summed E-state index contributed by atoms with van der Waals surface area (Å²) in [6.07, 6.45) is 3.42. The normalized spacial score (nSPS) is 10.8. The molecule has 0 fully saturated rings. The summed E-state index contributed by atoms with van der Waals surface area (Å²) >= 11 is 5.77. The topological polar surface area (TPSA) is 46.2 Å². The molecule has 0 aliphatic heterocycles. The maximum atomic E-state index is 8.51. The van der Waals surface area contributed by atoms with E-state index in [4.69, 9.17) is 22.4 Å². The van der Waals surface area contributed by atoms with Crippen LogP contribution in [0.3, 0.4) is 0 Å². The number of aliphatic hydroxyl groups is 1. The van der Waals surface area contributed by atoms with E-state index < -0.39 is 0 Å². The second kappa shape index (κ2) is 4.14. The number of anilines is 1. The van der Waals surface area contributed by atoms with Crippen molar-refractivity contribution in [1.29, 1.82) is 0 Å². The first kappa shape index (κ1) is 9.10. The van der Waals surface area contributed by atoms with Gasteiger partial charge in [-0.15, -0.1) is 0 Å². The van der Waals surface area contributed by atoms with Crippen molar-refractivity contribution in [3.8, 4) is 0 Å². The number of hydrogen-bond acceptors (Lipinski definition) is 2. The average molecular weight is 184 g/mol. The van der Waals surface area contributed by atoms with E-state index in [1.54, 1.807) is 24.3 Å². The second-order valence-corrected chi connectivity index (χ2v) is 2.77. The van der Waals surface area contributed by atoms with Crippen LogP contribution in [0.2, 0.25) is 5.02 Å². The summed E-state index contributed by atoms with van der Waals surface area (Å²) in [6.45, 7) is 0.0298. The summed E-state index contributed by atoms with van der Waals surface area (Å²) in [4.78, 5) is 0. The van der Waals surface area contributed by atoms with E-state index in [0.717, 1.165) is 5.56 Å². The lowest BCUT2D eigenvalue weighted by atomic mass is 10.2. The molecule has 0 radical (unpaired) electrons. The fourth-order valence-electron chi connectivity index (χ4n) is 0.836. The van der Waals surface area contributed by atoms with Crippen LogP contribution in [0.1, 0.15) is 5.56 Å². The molecule has 64 valence electrons. The van der Waals surface area contributed by atoms with Crippen molar-refractivity contribution in [3.63, 3.8) is 0 Å². The molecule has 0 aliphatic carbocycles. The zero-order valence-corrected chi connectivity index (χ0v) is 7.25. The van der Waals surface area contributed by atoms with E-state index in [1.807, 2.05) is 6.07 Å². The standard InChI is InChI=1S/C9H10ClNO/c10-8-6-7(2-1-5-12)3-4-9(8)11/h1-4,6,12H,5,11H2. The first-order valence-corrected chi connectivity index (χ1v) is 3.94. The van der Waals surface area contributed by atoms with Gasteiger partial charge in [0.1, 0.15) is 0 Å². The third-order valence-electron chi connectivity index (χ3n) is 1.44. The van der Waals surface area contributed by atoms with Crippen molar-refractivity contribution in [1.82, 2.24) is 0 Å². The van der Waals surface area contributed by atoms with Gasteiger partial charge in [-0.05, 0) is 17.7 Å². The van der Waals surface area contributed by atoms with Crippen LogP contribution in [0, 0.1) is 0 Å². The number of halogens is 1. The fraction of sp³-hybridized carbons (Fsp3) is 0.111. The number of nitrogens with two attached hydrogens (primary N) is 1. The lowest BCUT2D eigenvalue weighted by Gasteiger charge is -1.98. The van der Waals surface area contributed by atoms with Crippen LogP contribution < -0.4 is 5.73 Å². The van der Waals surface area contributed by atoms with Gasteiger partial charge in [0, 0.05) is 0 Å². The van der Waals surface area contributed by atoms with Crippen LogP contribution in [0.5, 0.6) is 0 Å². The summed E-state index contributed by atoms with van der Waals surface area (Å²) in [5, 5.41) is 9.04. The average Bonchev–Trinajstić information content (AvgIpc) is 2.07. The van der Waals surface area contributed by atoms with Gasteiger partial charge in [-0.1, -0.05) is 29.8 Å². The maximum absolute atomic E-state index is 8.51. The molecule has 0 unspecified atom stereocenters. The van der Waals surface area contributed by atoms with Gasteiger partial charge in [0.2, 0.25) is 0 Å². The molecule has 0 heterocycles. The minimum atomic E-state index is 0.0298. The predicted molar refractivity (Wildman–Crippen MR) is 52.0 cm³/mol. The monoisotopic (exact) mass is 183 g/mol. The van der Waals surface area contributed by atoms with Gasteiger partial charge < -0.3 is 10.8 Å². The minimum Gasteiger partial charge on any atom is -0.398 e. The molecular formula is C9H10ClNO. The van der Waals surface area contributed by atoms with E-state index in [9.17, 15) is 0 Å². The highest BCUT2D eigenvalue weighted by molar-refractivity contribution is 6.33. The Morgan fingerprint density at radius 3 is 2.83 bits per heavy atom. The molecule has 0 amide bonds. The van der Waals surface area contributed by atoms with Crippen LogP contribution in [-0.2, 0) is 0 Å². The van der Waals surface area contributed by atoms with Crippen molar-refractivity contribution in [2.75, 3.05) is 12.3 Å². The zero-order valence-electron chi connectivity index (χ0n) is 6.50. The molecule has 0 saturated carbocycles. The lowest BCUT2D eigenvalue weighted by molar-refractivity contribution is 0.343. The summed E-state index contributed by atoms with van der Waals surface area (Å²) in [5.41, 5.74) is 7.01. The molecule has 12 heavy (non-hydrogen) atoms. The van der Waals surface area contributed by atoms with Crippen molar-refractivity contribution >= 4 is 23.4 Å². The van der Waals surface area contributed by atoms with Crippen LogP contribution in [0.25, 0.3) is 6.08 Å². The quantitative estimate of drug-likeness (QED) is 0.689. The van der Waals surface area contributed by atoms with E-state index in [-0.39, 0.29) is 6.61 Å². The van der Waals surface area contributed by atoms with Crippen molar-refractivity contribution in [3.05, 3.63) is 34.9 Å². The Hall–Kier alpha value is -0.990. The van der Waals surface area contributed by atoms with Crippen LogP contribution in [0.4, 0.5) is 5.69 Å². The molecule has 2 nitrogen and oxygen atoms in total. The Kier molecular flexibility index (Phi) is 3.14. The highest BCUT2D eigenvalue weighted by Crippen LogP contribution is 2.20. The highest BCUT2D eigenvalue weighted by Gasteiger charge is 1.94. The smallest absolute Gasteiger partial charge is 0.0641 e. The molecule has 3 N–H and O–H groups in total. The van der Waals surface area contributed by atoms with Crippen LogP contribution in [-0.4, -0.2) is 11.7 Å². The second-order valence-electron chi connectivity index (χ2n) is 2.37. The van der Waals surface area contributed by atoms with Gasteiger partial charge in [0.25, 0.3) is 0 Å². The Morgan fingerprint density at radius 1 is 1.50 bits per heavy atom. The van der Waals surface area contributed by atoms with Crippen molar-refractivity contribution in [2.45, 2.75) is 0 Å². The lowest BCUT2D eigenvalue weighted by Crippen LogP contribution is -1.85. The molecule has 3 heteroatoms. The molecular weight excluding hydrogens is 174 g/mol. The van der Waals surface area contributed by atoms with Crippen molar-refractivity contribution in [2.24, 2.45) is 0 Å². The van der Waals surface area contributed by atoms with Crippen molar-refractivity contribution < 1.29 is 5.11 Å². The van der Waals surface area contributed by atoms with E-state index in [2.05, 4.69) is 0 Å². The van der Waals surface area contributed by atoms with Gasteiger partial charge in [-0.25, -0.2) is 0 Å². The van der Waals surface area contributed by atoms with E-state index >= 15 is 0 Å². The van der Waals surface area contributed by atoms with Gasteiger partial charge in [-0.2, -0.15) is 0 Å². The van der Waals surface area contributed by atoms with E-state index in [1.165, 1.54) is 0 Å². The predicted octanol–water partition coefficient (Wildman–Crippen LogP) is 1.93. The summed E-state index contributed by atoms with van der Waals surface area (Å²) in [7, 11) is 0. The molecule has 0 aromatic heterocycles. The molecule has 1 aromatic carbocycles. The Morgan fingerprint density at radius 2 is 2.25 bits per heavy atom. The van der Waals surface area contributed by atoms with Gasteiger partial charge in [0.15, 0.2) is 0 Å². The largest absolute Gasteiger partial charge is 0.398 e. The first-order chi connectivity index (χ1) is 5.74. The van der Waals surface area contributed by atoms with Gasteiger partial charge in [-0.3, -0.25) is 0 Å². The zero-order chi connectivity index (χ0) is 8.97. The summed E-state index contributed by atoms with van der Waals surface area (Å²) in [6, 6.07) is 5.33. The summed E-state index contributed by atoms with van der Waals surface area (Å²) < 4.78 is 0. The summed E-state index contributed by atoms with van der Waals surface area (Å²) in [5.74, 6) is 0. The van der Waals surface area contributed by atoms with Gasteiger partial charge in [0.05, 0.1) is 17.3 Å². The molecule has 0 spiro atoms. The number of benzene rings is 1. The first-order valence-electron chi connectivity index (χ1n) is 3.56. The number of rotatable bonds is 2. The number of hydrogen-bond donors (Lipinski definition) is 2. The van der Waals surface area contributed by atoms with Crippen LogP contribution in [0.15, 0.2) is 24.3 Å². The van der Waals surface area contributed by atoms with E-state index in [0.29, 0.717) is 10.7 Å². The highest BCUT2D eigenvalue weighted by atomic mass is 35.5. The molecule has 1 rings (SSSR count). The molecule has 0 bridgehead atoms. The Labute approximate surface area is 76.3 Å². The maximum Gasteiger partial charge on any atom is 0.0641 e. The fourth-order valence-corrected chi connectivity index (χ4v) is 1.02. The minimum absolute atomic E-state index is 0.0298. The third-order valence-corrected chi connectivity index (χ3v) is 1.77. The Bertz CT molecular complexity index is 297. The molecule has 0 aliphatic rings. The third kappa shape index (κ3) is 2.26. The molecule has 0 saturated heterocycles.